The molecule has 0 spiro atoms. The highest BCUT2D eigenvalue weighted by atomic mass is 16.2. The quantitative estimate of drug-likeness (QED) is 0.674. The zero-order chi connectivity index (χ0) is 18.4. The highest BCUT2D eigenvalue weighted by molar-refractivity contribution is 5.97. The highest BCUT2D eigenvalue weighted by Gasteiger charge is 2.24. The number of piperazine rings is 1. The zero-order valence-corrected chi connectivity index (χ0v) is 15.0. The van der Waals surface area contributed by atoms with Crippen molar-refractivity contribution in [3.05, 3.63) is 41.6 Å². The maximum Gasteiger partial charge on any atom is 0.266 e. The average molecular weight is 340 g/mol. The van der Waals surface area contributed by atoms with E-state index in [9.17, 15) is 14.9 Å². The lowest BCUT2D eigenvalue weighted by Gasteiger charge is -2.34. The van der Waals surface area contributed by atoms with E-state index in [1.807, 2.05) is 30.3 Å². The summed E-state index contributed by atoms with van der Waals surface area (Å²) in [6.07, 6.45) is 1.45. The Morgan fingerprint density at radius 2 is 1.68 bits per heavy atom. The summed E-state index contributed by atoms with van der Waals surface area (Å²) < 4.78 is 0. The smallest absolute Gasteiger partial charge is 0.266 e. The van der Waals surface area contributed by atoms with Crippen LogP contribution in [-0.4, -0.2) is 47.8 Å². The maximum absolute atomic E-state index is 12.5. The number of rotatable bonds is 4. The van der Waals surface area contributed by atoms with E-state index in [0.717, 1.165) is 5.69 Å². The Kier molecular flexibility index (Phi) is 6.18. The fourth-order valence-electron chi connectivity index (χ4n) is 2.66. The molecule has 0 bridgehead atoms. The number of benzene rings is 1. The van der Waals surface area contributed by atoms with Crippen LogP contribution in [0.3, 0.4) is 0 Å². The summed E-state index contributed by atoms with van der Waals surface area (Å²) in [6, 6.07) is 9.86. The predicted octanol–water partition coefficient (Wildman–Crippen LogP) is 2.32. The summed E-state index contributed by atoms with van der Waals surface area (Å²) in [6.45, 7) is 7.67. The molecule has 1 saturated heterocycles. The molecule has 1 heterocycles. The predicted molar refractivity (Wildman–Crippen MR) is 96.7 cm³/mol. The van der Waals surface area contributed by atoms with Gasteiger partial charge in [0.25, 0.3) is 5.91 Å². The van der Waals surface area contributed by atoms with Crippen LogP contribution in [-0.2, 0) is 9.59 Å². The van der Waals surface area contributed by atoms with Crippen molar-refractivity contribution in [2.24, 2.45) is 0 Å². The molecule has 0 aliphatic carbocycles. The van der Waals surface area contributed by atoms with Gasteiger partial charge in [0.1, 0.15) is 11.6 Å². The molecular formula is C19H24N4O2. The van der Waals surface area contributed by atoms with E-state index in [4.69, 9.17) is 0 Å². The number of carbonyl (C=O) groups excluding carboxylic acids is 2. The van der Waals surface area contributed by atoms with Gasteiger partial charge in [-0.2, -0.15) is 5.26 Å². The first-order valence-electron chi connectivity index (χ1n) is 8.44. The van der Waals surface area contributed by atoms with Crippen molar-refractivity contribution >= 4 is 17.5 Å². The number of hydrogen-bond donors (Lipinski definition) is 1. The fourth-order valence-corrected chi connectivity index (χ4v) is 2.66. The number of nitriles is 1. The van der Waals surface area contributed by atoms with Crippen LogP contribution in [0.25, 0.3) is 0 Å². The molecule has 132 valence electrons. The van der Waals surface area contributed by atoms with Crippen molar-refractivity contribution in [1.29, 1.82) is 5.26 Å². The molecule has 1 N–H and O–H groups in total. The zero-order valence-electron chi connectivity index (χ0n) is 15.0. The second-order valence-electron chi connectivity index (χ2n) is 6.39. The van der Waals surface area contributed by atoms with E-state index in [0.29, 0.717) is 32.1 Å². The number of carbonyl (C=O) groups is 2. The Morgan fingerprint density at radius 1 is 1.12 bits per heavy atom. The summed E-state index contributed by atoms with van der Waals surface area (Å²) in [5, 5.41) is 12.3. The monoisotopic (exact) mass is 340 g/mol. The summed E-state index contributed by atoms with van der Waals surface area (Å²) in [7, 11) is 0. The van der Waals surface area contributed by atoms with Gasteiger partial charge in [-0.15, -0.1) is 0 Å². The molecule has 1 aromatic carbocycles. The minimum Gasteiger partial charge on any atom is -0.360 e. The molecule has 0 saturated carbocycles. The van der Waals surface area contributed by atoms with Gasteiger partial charge in [-0.3, -0.25) is 9.59 Å². The second kappa shape index (κ2) is 8.34. The van der Waals surface area contributed by atoms with Crippen molar-refractivity contribution in [3.8, 4) is 6.07 Å². The number of nitrogens with one attached hydrogen (secondary N) is 1. The van der Waals surface area contributed by atoms with E-state index < -0.39 is 0 Å². The maximum atomic E-state index is 12.5. The van der Waals surface area contributed by atoms with E-state index in [2.05, 4.69) is 19.2 Å². The fraction of sp³-hybridized carbons (Fsp3) is 0.421. The van der Waals surface area contributed by atoms with Gasteiger partial charge in [0.05, 0.1) is 0 Å². The Labute approximate surface area is 148 Å². The third-order valence-electron chi connectivity index (χ3n) is 4.32. The molecule has 1 aliphatic heterocycles. The van der Waals surface area contributed by atoms with Gasteiger partial charge in [0, 0.05) is 45.0 Å². The van der Waals surface area contributed by atoms with Gasteiger partial charge in [0.15, 0.2) is 0 Å². The average Bonchev–Trinajstić information content (AvgIpc) is 2.62. The van der Waals surface area contributed by atoms with Gasteiger partial charge in [-0.25, -0.2) is 0 Å². The van der Waals surface area contributed by atoms with Crippen molar-refractivity contribution < 1.29 is 9.59 Å². The second-order valence-corrected chi connectivity index (χ2v) is 6.39. The normalized spacial score (nSPS) is 15.1. The molecule has 0 unspecified atom stereocenters. The molecule has 2 amide bonds. The number of anilines is 1. The van der Waals surface area contributed by atoms with Crippen LogP contribution in [0, 0.1) is 11.3 Å². The van der Waals surface area contributed by atoms with Crippen LogP contribution in [0.4, 0.5) is 5.69 Å². The molecule has 6 heteroatoms. The Morgan fingerprint density at radius 3 is 2.16 bits per heavy atom. The molecular weight excluding hydrogens is 316 g/mol. The number of amides is 2. The van der Waals surface area contributed by atoms with E-state index in [1.165, 1.54) is 18.7 Å². The van der Waals surface area contributed by atoms with Crippen molar-refractivity contribution in [1.82, 2.24) is 9.80 Å². The minimum absolute atomic E-state index is 0.00894. The van der Waals surface area contributed by atoms with Crippen molar-refractivity contribution in [3.63, 3.8) is 0 Å². The van der Waals surface area contributed by atoms with E-state index in [-0.39, 0.29) is 17.4 Å². The molecule has 0 aromatic heterocycles. The molecule has 1 aromatic rings. The number of hydrogen-bond acceptors (Lipinski definition) is 4. The molecule has 1 aliphatic rings. The van der Waals surface area contributed by atoms with Crippen molar-refractivity contribution in [2.75, 3.05) is 31.5 Å². The Hall–Kier alpha value is -2.81. The van der Waals surface area contributed by atoms with Gasteiger partial charge in [-0.05, 0) is 23.6 Å². The largest absolute Gasteiger partial charge is 0.360 e. The molecule has 0 radical (unpaired) electrons. The van der Waals surface area contributed by atoms with Crippen molar-refractivity contribution in [2.45, 2.75) is 26.7 Å². The van der Waals surface area contributed by atoms with Gasteiger partial charge in [-0.1, -0.05) is 26.0 Å². The van der Waals surface area contributed by atoms with E-state index in [1.54, 1.807) is 9.80 Å². The molecule has 6 nitrogen and oxygen atoms in total. The van der Waals surface area contributed by atoms with Gasteiger partial charge in [0.2, 0.25) is 5.91 Å². The summed E-state index contributed by atoms with van der Waals surface area (Å²) in [4.78, 5) is 27.1. The Balaban J connectivity index is 1.99. The van der Waals surface area contributed by atoms with Crippen LogP contribution >= 0.6 is 0 Å². The van der Waals surface area contributed by atoms with Gasteiger partial charge < -0.3 is 15.1 Å². The van der Waals surface area contributed by atoms with Crippen LogP contribution in [0.5, 0.6) is 0 Å². The number of nitrogens with zero attached hydrogens (tertiary/aromatic N) is 3. The third-order valence-corrected chi connectivity index (χ3v) is 4.32. The first-order chi connectivity index (χ1) is 11.9. The molecule has 0 atom stereocenters. The molecule has 1 fully saturated rings. The Bertz CT molecular complexity index is 693. The van der Waals surface area contributed by atoms with Crippen LogP contribution in [0.15, 0.2) is 36.0 Å². The highest BCUT2D eigenvalue weighted by Crippen LogP contribution is 2.17. The summed E-state index contributed by atoms with van der Waals surface area (Å²) in [5.74, 6) is 0.154. The van der Waals surface area contributed by atoms with Crippen LogP contribution in [0.1, 0.15) is 32.3 Å². The lowest BCUT2D eigenvalue weighted by atomic mass is 10.0. The lowest BCUT2D eigenvalue weighted by molar-refractivity contribution is -0.136. The van der Waals surface area contributed by atoms with Crippen LogP contribution in [0.2, 0.25) is 0 Å². The summed E-state index contributed by atoms with van der Waals surface area (Å²) >= 11 is 0. The standard InChI is InChI=1S/C19H24N4O2/c1-14(2)16-4-6-18(7-5-16)21-13-17(12-20)19(25)23-10-8-22(9-11-23)15(3)24/h4-7,13-14,21H,8-11H2,1-3H3/b17-13-. The summed E-state index contributed by atoms with van der Waals surface area (Å²) in [5.41, 5.74) is 2.12. The topological polar surface area (TPSA) is 76.4 Å². The van der Waals surface area contributed by atoms with Crippen LogP contribution < -0.4 is 5.32 Å². The molecule has 2 rings (SSSR count). The van der Waals surface area contributed by atoms with E-state index >= 15 is 0 Å². The lowest BCUT2D eigenvalue weighted by Crippen LogP contribution is -2.50. The minimum atomic E-state index is -0.308. The first kappa shape index (κ1) is 18.5. The van der Waals surface area contributed by atoms with Gasteiger partial charge >= 0.3 is 0 Å². The first-order valence-corrected chi connectivity index (χ1v) is 8.44. The SMILES string of the molecule is CC(=O)N1CCN(C(=O)/C(C#N)=C\Nc2ccc(C(C)C)cc2)CC1. The third kappa shape index (κ3) is 4.83. The molecule has 25 heavy (non-hydrogen) atoms.